The second kappa shape index (κ2) is 11.3. The van der Waals surface area contributed by atoms with Crippen LogP contribution in [0.15, 0.2) is 54.7 Å². The van der Waals surface area contributed by atoms with E-state index in [1.165, 1.54) is 12.1 Å². The molecule has 2 atom stereocenters. The van der Waals surface area contributed by atoms with Crippen molar-refractivity contribution in [3.05, 3.63) is 81.7 Å². The van der Waals surface area contributed by atoms with Crippen molar-refractivity contribution in [2.75, 3.05) is 43.1 Å². The molecular weight excluding hydrogens is 529 g/mol. The van der Waals surface area contributed by atoms with E-state index in [-0.39, 0.29) is 33.4 Å². The lowest BCUT2D eigenvalue weighted by molar-refractivity contribution is -0.384. The molecule has 3 aromatic rings. The summed E-state index contributed by atoms with van der Waals surface area (Å²) in [5.74, 6) is -0.844. The van der Waals surface area contributed by atoms with Gasteiger partial charge in [-0.15, -0.1) is 13.2 Å². The van der Waals surface area contributed by atoms with Crippen LogP contribution in [0.5, 0.6) is 0 Å². The maximum Gasteiger partial charge on any atom is 0.504 e. The first-order chi connectivity index (χ1) is 19.1. The number of ether oxygens (including phenoxy) is 1. The van der Waals surface area contributed by atoms with Gasteiger partial charge in [0.2, 0.25) is 0 Å². The van der Waals surface area contributed by atoms with E-state index in [9.17, 15) is 28.1 Å². The Hall–Kier alpha value is -3.97. The van der Waals surface area contributed by atoms with Gasteiger partial charge in [-0.1, -0.05) is 30.3 Å². The Morgan fingerprint density at radius 1 is 1.12 bits per heavy atom. The number of benzene rings is 2. The molecule has 2 aliphatic rings. The minimum absolute atomic E-state index is 0.0964. The van der Waals surface area contributed by atoms with E-state index in [1.807, 2.05) is 35.2 Å². The molecule has 1 N–H and O–H groups in total. The zero-order valence-corrected chi connectivity index (χ0v) is 21.8. The van der Waals surface area contributed by atoms with Crippen LogP contribution in [0.4, 0.5) is 30.2 Å². The maximum absolute atomic E-state index is 13.1. The van der Waals surface area contributed by atoms with Gasteiger partial charge in [-0.05, 0) is 37.5 Å². The summed E-state index contributed by atoms with van der Waals surface area (Å²) in [6, 6.07) is 14.4. The van der Waals surface area contributed by atoms with Gasteiger partial charge in [0, 0.05) is 37.4 Å². The summed E-state index contributed by atoms with van der Waals surface area (Å²) >= 11 is 0. The minimum atomic E-state index is -4.77. The lowest BCUT2D eigenvalue weighted by Crippen LogP contribution is -2.50. The highest BCUT2D eigenvalue weighted by molar-refractivity contribution is 6.05. The van der Waals surface area contributed by atoms with E-state index < -0.39 is 17.1 Å². The van der Waals surface area contributed by atoms with Gasteiger partial charge in [0.05, 0.1) is 41.6 Å². The molecule has 0 aliphatic carbocycles. The molecule has 212 valence electrons. The van der Waals surface area contributed by atoms with Crippen molar-refractivity contribution >= 4 is 23.0 Å². The summed E-state index contributed by atoms with van der Waals surface area (Å²) in [6.07, 6.45) is -2.35. The zero-order valence-electron chi connectivity index (χ0n) is 21.8. The molecule has 40 heavy (non-hydrogen) atoms. The summed E-state index contributed by atoms with van der Waals surface area (Å²) in [4.78, 5) is 28.9. The van der Waals surface area contributed by atoms with E-state index >= 15 is 0 Å². The molecule has 5 rings (SSSR count). The predicted molar refractivity (Wildman–Crippen MR) is 141 cm³/mol. The van der Waals surface area contributed by atoms with Crippen molar-refractivity contribution in [1.29, 1.82) is 0 Å². The van der Waals surface area contributed by atoms with Crippen LogP contribution >= 0.6 is 0 Å². The molecule has 0 bridgehead atoms. The number of nitro benzene ring substituents is 1. The summed E-state index contributed by atoms with van der Waals surface area (Å²) in [7, 11) is 0. The predicted octanol–water partition coefficient (Wildman–Crippen LogP) is 4.87. The number of aromatic nitrogens is 2. The number of nitrogens with one attached hydrogen (secondary N) is 1. The Kier molecular flexibility index (Phi) is 7.76. The number of morpholine rings is 1. The fraction of sp³-hybridized carbons (Fsp3) is 0.407. The lowest BCUT2D eigenvalue weighted by atomic mass is 9.90. The van der Waals surface area contributed by atoms with Crippen LogP contribution in [0, 0.1) is 17.0 Å². The molecular formula is C27H29F3N6O4. The topological polar surface area (TPSA) is 106 Å². The number of nitrogens with zero attached hydrogens (tertiary/aromatic N) is 5. The largest absolute Gasteiger partial charge is 0.504 e. The third kappa shape index (κ3) is 5.65. The Morgan fingerprint density at radius 3 is 2.50 bits per heavy atom. The van der Waals surface area contributed by atoms with Crippen molar-refractivity contribution in [2.24, 2.45) is 0 Å². The Balaban J connectivity index is 1.42. The van der Waals surface area contributed by atoms with Crippen LogP contribution < -0.4 is 10.2 Å². The average Bonchev–Trinajstić information content (AvgIpc) is 3.36. The number of amides is 1. The molecule has 2 fully saturated rings. The molecule has 0 radical (unpaired) electrons. The van der Waals surface area contributed by atoms with Crippen LogP contribution in [0.3, 0.4) is 0 Å². The summed E-state index contributed by atoms with van der Waals surface area (Å²) in [5, 5.41) is 17.9. The number of hydrogen-bond acceptors (Lipinski definition) is 7. The van der Waals surface area contributed by atoms with Crippen molar-refractivity contribution < 1.29 is 27.6 Å². The highest BCUT2D eigenvalue weighted by atomic mass is 19.4. The van der Waals surface area contributed by atoms with Gasteiger partial charge in [-0.3, -0.25) is 19.8 Å². The van der Waals surface area contributed by atoms with Gasteiger partial charge >= 0.3 is 6.30 Å². The molecule has 1 amide bonds. The Morgan fingerprint density at radius 2 is 1.85 bits per heavy atom. The molecule has 0 saturated carbocycles. The minimum Gasteiger partial charge on any atom is -0.379 e. The number of rotatable bonds is 6. The van der Waals surface area contributed by atoms with Crippen LogP contribution in [-0.2, 0) is 11.0 Å². The third-order valence-electron chi connectivity index (χ3n) is 7.56. The summed E-state index contributed by atoms with van der Waals surface area (Å²) < 4.78 is 44.6. The van der Waals surface area contributed by atoms with Gasteiger partial charge in [-0.25, -0.2) is 0 Å². The van der Waals surface area contributed by atoms with Crippen LogP contribution in [0.1, 0.15) is 40.5 Å². The molecule has 2 aromatic carbocycles. The van der Waals surface area contributed by atoms with E-state index in [1.54, 1.807) is 6.07 Å². The molecule has 2 saturated heterocycles. The van der Waals surface area contributed by atoms with Crippen molar-refractivity contribution in [3.63, 3.8) is 0 Å². The highest BCUT2D eigenvalue weighted by Gasteiger charge is 2.37. The maximum atomic E-state index is 13.1. The van der Waals surface area contributed by atoms with Crippen molar-refractivity contribution in [1.82, 2.24) is 14.7 Å². The quantitative estimate of drug-likeness (QED) is 0.340. The second-order valence-corrected chi connectivity index (χ2v) is 9.88. The number of nitro groups is 1. The number of anilines is 2. The van der Waals surface area contributed by atoms with Crippen LogP contribution in [0.2, 0.25) is 0 Å². The molecule has 2 aliphatic heterocycles. The number of piperidine rings is 1. The van der Waals surface area contributed by atoms with Gasteiger partial charge in [0.1, 0.15) is 5.69 Å². The SMILES string of the molecule is Cc1c(C(=O)Nc2ccc(N3CCC(N4CCOCC4)CC3c3ccccc3)c([N+](=O)[O-])c2)cnn1C(F)(F)F. The number of carbonyl (C=O) groups excluding carboxylic acids is 1. The third-order valence-corrected chi connectivity index (χ3v) is 7.56. The Bertz CT molecular complexity index is 1370. The number of hydrogen-bond donors (Lipinski definition) is 1. The van der Waals surface area contributed by atoms with Gasteiger partial charge in [0.25, 0.3) is 11.6 Å². The monoisotopic (exact) mass is 558 g/mol. The average molecular weight is 559 g/mol. The number of alkyl halides is 3. The van der Waals surface area contributed by atoms with E-state index in [4.69, 9.17) is 4.74 Å². The highest BCUT2D eigenvalue weighted by Crippen LogP contribution is 2.41. The van der Waals surface area contributed by atoms with E-state index in [2.05, 4.69) is 15.3 Å². The molecule has 3 heterocycles. The molecule has 1 aromatic heterocycles. The summed E-state index contributed by atoms with van der Waals surface area (Å²) in [5.41, 5.74) is 0.691. The summed E-state index contributed by atoms with van der Waals surface area (Å²) in [6.45, 7) is 4.79. The Labute approximate surface area is 228 Å². The molecule has 13 heteroatoms. The van der Waals surface area contributed by atoms with Gasteiger partial charge in [-0.2, -0.15) is 9.78 Å². The smallest absolute Gasteiger partial charge is 0.379 e. The van der Waals surface area contributed by atoms with Crippen molar-refractivity contribution in [2.45, 2.75) is 38.1 Å². The van der Waals surface area contributed by atoms with Crippen molar-refractivity contribution in [3.8, 4) is 0 Å². The second-order valence-electron chi connectivity index (χ2n) is 9.88. The first-order valence-corrected chi connectivity index (χ1v) is 13.0. The normalized spacial score (nSPS) is 20.4. The van der Waals surface area contributed by atoms with Gasteiger partial charge < -0.3 is 15.0 Å². The standard InChI is InChI=1S/C27H29F3N6O4/c1-18-22(17-31-35(18)27(28,29)30)26(37)32-20-7-8-23(25(15-20)36(38)39)34-10-9-21(33-11-13-40-14-12-33)16-24(34)19-5-3-2-4-6-19/h2-8,15,17,21,24H,9-14,16H2,1H3,(H,32,37). The zero-order chi connectivity index (χ0) is 28.4. The van der Waals surface area contributed by atoms with E-state index in [0.29, 0.717) is 31.5 Å². The first kappa shape index (κ1) is 27.6. The fourth-order valence-electron chi connectivity index (χ4n) is 5.58. The molecule has 10 nitrogen and oxygen atoms in total. The van der Waals surface area contributed by atoms with E-state index in [0.717, 1.165) is 44.6 Å². The van der Waals surface area contributed by atoms with Crippen LogP contribution in [0.25, 0.3) is 0 Å². The number of halogens is 3. The van der Waals surface area contributed by atoms with Gasteiger partial charge in [0.15, 0.2) is 0 Å². The fourth-order valence-corrected chi connectivity index (χ4v) is 5.58. The van der Waals surface area contributed by atoms with Crippen LogP contribution in [-0.4, -0.2) is 64.4 Å². The number of carbonyl (C=O) groups is 1. The molecule has 0 spiro atoms. The molecule has 2 unspecified atom stereocenters. The first-order valence-electron chi connectivity index (χ1n) is 13.0. The lowest BCUT2D eigenvalue weighted by Gasteiger charge is -2.45.